The summed E-state index contributed by atoms with van der Waals surface area (Å²) in [5.74, 6) is -0.368. The number of nitrogens with zero attached hydrogens (tertiary/aromatic N) is 1. The Morgan fingerprint density at radius 2 is 1.52 bits per heavy atom. The minimum Gasteiger partial charge on any atom is -0.377 e. The minimum atomic E-state index is -1.34. The fourth-order valence-corrected chi connectivity index (χ4v) is 3.01. The van der Waals surface area contributed by atoms with Gasteiger partial charge in [0.15, 0.2) is 5.60 Å². The number of amides is 1. The van der Waals surface area contributed by atoms with Gasteiger partial charge in [0.25, 0.3) is 5.91 Å². The highest BCUT2D eigenvalue weighted by atomic mass is 16.3. The highest BCUT2D eigenvalue weighted by Crippen LogP contribution is 2.49. The first-order chi connectivity index (χ1) is 10.1. The minimum absolute atomic E-state index is 0.143. The summed E-state index contributed by atoms with van der Waals surface area (Å²) in [5.41, 5.74) is 0.441. The fraction of sp³-hybridized carbons (Fsp3) is 0.278. The lowest BCUT2D eigenvalue weighted by Crippen LogP contribution is -2.71. The Morgan fingerprint density at radius 1 is 1.00 bits per heavy atom. The molecule has 3 rings (SSSR count). The zero-order chi connectivity index (χ0) is 15.0. The Kier molecular flexibility index (Phi) is 3.30. The lowest BCUT2D eigenvalue weighted by Gasteiger charge is -2.55. The number of anilines is 1. The normalized spacial score (nSPS) is 25.0. The molecular formula is C18H19NO2. The Morgan fingerprint density at radius 3 is 2.05 bits per heavy atom. The van der Waals surface area contributed by atoms with Crippen LogP contribution in [0.3, 0.4) is 0 Å². The SMILES string of the molecule is CC(C)[C@]1(O)C(=O)N(c2ccccc2)[C@H]1c1ccccc1. The molecule has 0 unspecified atom stereocenters. The molecule has 21 heavy (non-hydrogen) atoms. The van der Waals surface area contributed by atoms with Crippen LogP contribution in [0.1, 0.15) is 25.5 Å². The highest BCUT2D eigenvalue weighted by Gasteiger charge is 2.62. The van der Waals surface area contributed by atoms with Gasteiger partial charge < -0.3 is 5.11 Å². The van der Waals surface area contributed by atoms with Crippen molar-refractivity contribution in [2.45, 2.75) is 25.5 Å². The smallest absolute Gasteiger partial charge is 0.262 e. The van der Waals surface area contributed by atoms with E-state index in [2.05, 4.69) is 0 Å². The van der Waals surface area contributed by atoms with E-state index in [0.717, 1.165) is 11.3 Å². The summed E-state index contributed by atoms with van der Waals surface area (Å²) in [4.78, 5) is 14.3. The lowest BCUT2D eigenvalue weighted by atomic mass is 9.71. The standard InChI is InChI=1S/C18H19NO2/c1-13(2)18(21)16(14-9-5-3-6-10-14)19(17(18)20)15-11-7-4-8-12-15/h3-13,16,21H,1-2H3/t16-,18+/m0/s1. The summed E-state index contributed by atoms with van der Waals surface area (Å²) in [5, 5.41) is 10.9. The second-order valence-electron chi connectivity index (χ2n) is 5.80. The van der Waals surface area contributed by atoms with Gasteiger partial charge in [0.2, 0.25) is 0 Å². The van der Waals surface area contributed by atoms with Crippen LogP contribution in [-0.2, 0) is 4.79 Å². The van der Waals surface area contributed by atoms with Crippen molar-refractivity contribution < 1.29 is 9.90 Å². The topological polar surface area (TPSA) is 40.5 Å². The summed E-state index contributed by atoms with van der Waals surface area (Å²) >= 11 is 0. The Balaban J connectivity index is 2.07. The molecule has 1 fully saturated rings. The molecule has 3 heteroatoms. The van der Waals surface area contributed by atoms with Crippen molar-refractivity contribution in [3.8, 4) is 0 Å². The van der Waals surface area contributed by atoms with Gasteiger partial charge in [-0.1, -0.05) is 62.4 Å². The van der Waals surface area contributed by atoms with Crippen LogP contribution in [0.25, 0.3) is 0 Å². The molecule has 2 aromatic carbocycles. The van der Waals surface area contributed by atoms with Crippen LogP contribution in [0.2, 0.25) is 0 Å². The van der Waals surface area contributed by atoms with Gasteiger partial charge in [-0.3, -0.25) is 9.69 Å². The second-order valence-corrected chi connectivity index (χ2v) is 5.80. The summed E-state index contributed by atoms with van der Waals surface area (Å²) in [6, 6.07) is 18.9. The first-order valence-electron chi connectivity index (χ1n) is 7.23. The number of carbonyl (C=O) groups excluding carboxylic acids is 1. The first kappa shape index (κ1) is 13.8. The van der Waals surface area contributed by atoms with E-state index in [-0.39, 0.29) is 17.9 Å². The van der Waals surface area contributed by atoms with E-state index < -0.39 is 5.60 Å². The third-order valence-corrected chi connectivity index (χ3v) is 4.27. The molecule has 0 spiro atoms. The molecule has 1 aliphatic rings. The van der Waals surface area contributed by atoms with Crippen molar-refractivity contribution in [2.24, 2.45) is 5.92 Å². The van der Waals surface area contributed by atoms with Gasteiger partial charge in [-0.15, -0.1) is 0 Å². The second kappa shape index (κ2) is 5.01. The van der Waals surface area contributed by atoms with E-state index in [4.69, 9.17) is 0 Å². The van der Waals surface area contributed by atoms with Crippen LogP contribution in [-0.4, -0.2) is 16.6 Å². The van der Waals surface area contributed by atoms with Gasteiger partial charge in [0, 0.05) is 5.69 Å². The van der Waals surface area contributed by atoms with E-state index in [1.165, 1.54) is 0 Å². The number of β-lactam (4-membered cyclic amide) rings is 1. The number of aliphatic hydroxyl groups is 1. The average molecular weight is 281 g/mol. The molecule has 1 heterocycles. The Bertz CT molecular complexity index is 639. The molecule has 0 radical (unpaired) electrons. The van der Waals surface area contributed by atoms with Crippen LogP contribution in [0, 0.1) is 5.92 Å². The summed E-state index contributed by atoms with van der Waals surface area (Å²) in [6.45, 7) is 3.77. The van der Waals surface area contributed by atoms with E-state index in [0.29, 0.717) is 0 Å². The number of rotatable bonds is 3. The van der Waals surface area contributed by atoms with E-state index >= 15 is 0 Å². The predicted octanol–water partition coefficient (Wildman–Crippen LogP) is 3.16. The van der Waals surface area contributed by atoms with Crippen molar-refractivity contribution in [3.63, 3.8) is 0 Å². The van der Waals surface area contributed by atoms with Gasteiger partial charge >= 0.3 is 0 Å². The summed E-state index contributed by atoms with van der Waals surface area (Å²) < 4.78 is 0. The lowest BCUT2D eigenvalue weighted by molar-refractivity contribution is -0.161. The van der Waals surface area contributed by atoms with Gasteiger partial charge in [0.1, 0.15) is 6.04 Å². The number of hydrogen-bond donors (Lipinski definition) is 1. The largest absolute Gasteiger partial charge is 0.377 e. The quantitative estimate of drug-likeness (QED) is 0.878. The van der Waals surface area contributed by atoms with Crippen LogP contribution in [0.5, 0.6) is 0 Å². The zero-order valence-electron chi connectivity index (χ0n) is 12.2. The van der Waals surface area contributed by atoms with Crippen LogP contribution >= 0.6 is 0 Å². The number of para-hydroxylation sites is 1. The third kappa shape index (κ3) is 1.96. The molecule has 108 valence electrons. The van der Waals surface area contributed by atoms with Gasteiger partial charge in [-0.2, -0.15) is 0 Å². The molecule has 1 saturated heterocycles. The molecular weight excluding hydrogens is 262 g/mol. The molecule has 1 N–H and O–H groups in total. The third-order valence-electron chi connectivity index (χ3n) is 4.27. The van der Waals surface area contributed by atoms with E-state index in [9.17, 15) is 9.90 Å². The molecule has 2 aromatic rings. The van der Waals surface area contributed by atoms with Crippen molar-refractivity contribution in [1.29, 1.82) is 0 Å². The number of carbonyl (C=O) groups is 1. The number of hydrogen-bond acceptors (Lipinski definition) is 2. The van der Waals surface area contributed by atoms with E-state index in [1.54, 1.807) is 4.90 Å². The van der Waals surface area contributed by atoms with Gasteiger partial charge in [-0.05, 0) is 23.6 Å². The first-order valence-corrected chi connectivity index (χ1v) is 7.23. The molecule has 0 aromatic heterocycles. The maximum absolute atomic E-state index is 12.6. The van der Waals surface area contributed by atoms with Crippen LogP contribution in [0.4, 0.5) is 5.69 Å². The van der Waals surface area contributed by atoms with Gasteiger partial charge in [0.05, 0.1) is 0 Å². The maximum atomic E-state index is 12.6. The molecule has 1 amide bonds. The molecule has 2 atom stereocenters. The number of benzene rings is 2. The molecule has 1 aliphatic heterocycles. The predicted molar refractivity (Wildman–Crippen MR) is 82.9 cm³/mol. The average Bonchev–Trinajstić information content (AvgIpc) is 2.52. The van der Waals surface area contributed by atoms with E-state index in [1.807, 2.05) is 74.5 Å². The van der Waals surface area contributed by atoms with Crippen LogP contribution < -0.4 is 4.90 Å². The monoisotopic (exact) mass is 281 g/mol. The zero-order valence-corrected chi connectivity index (χ0v) is 12.2. The Labute approximate surface area is 124 Å². The molecule has 0 bridgehead atoms. The molecule has 0 saturated carbocycles. The van der Waals surface area contributed by atoms with Crippen molar-refractivity contribution in [3.05, 3.63) is 66.2 Å². The summed E-state index contributed by atoms with van der Waals surface area (Å²) in [7, 11) is 0. The van der Waals surface area contributed by atoms with Gasteiger partial charge in [-0.25, -0.2) is 0 Å². The fourth-order valence-electron chi connectivity index (χ4n) is 3.01. The maximum Gasteiger partial charge on any atom is 0.262 e. The highest BCUT2D eigenvalue weighted by molar-refractivity contribution is 6.08. The molecule has 3 nitrogen and oxygen atoms in total. The van der Waals surface area contributed by atoms with Crippen LogP contribution in [0.15, 0.2) is 60.7 Å². The van der Waals surface area contributed by atoms with Crippen molar-refractivity contribution in [2.75, 3.05) is 4.90 Å². The van der Waals surface area contributed by atoms with Crippen molar-refractivity contribution in [1.82, 2.24) is 0 Å². The summed E-state index contributed by atoms with van der Waals surface area (Å²) in [6.07, 6.45) is 0. The Hall–Kier alpha value is -2.13. The molecule has 0 aliphatic carbocycles. The van der Waals surface area contributed by atoms with Crippen molar-refractivity contribution >= 4 is 11.6 Å².